The zero-order valence-electron chi connectivity index (χ0n) is 10.2. The van der Waals surface area contributed by atoms with Crippen molar-refractivity contribution in [3.05, 3.63) is 11.9 Å². The van der Waals surface area contributed by atoms with Gasteiger partial charge in [0.15, 0.2) is 5.75 Å². The summed E-state index contributed by atoms with van der Waals surface area (Å²) in [6.45, 7) is 5.13. The molecule has 90 valence electrons. The smallest absolute Gasteiger partial charge is 0.161 e. The van der Waals surface area contributed by atoms with Crippen LogP contribution < -0.4 is 16.0 Å². The fraction of sp³-hybridized carbons (Fsp3) is 0.727. The second kappa shape index (κ2) is 4.07. The molecule has 0 spiro atoms. The lowest BCUT2D eigenvalue weighted by molar-refractivity contribution is 0.328. The van der Waals surface area contributed by atoms with Gasteiger partial charge in [0.25, 0.3) is 0 Å². The maximum absolute atomic E-state index is 5.69. The zero-order valence-corrected chi connectivity index (χ0v) is 10.2. The van der Waals surface area contributed by atoms with E-state index in [2.05, 4.69) is 24.4 Å². The summed E-state index contributed by atoms with van der Waals surface area (Å²) in [5, 5.41) is 4.31. The molecule has 1 aromatic rings. The third-order valence-corrected chi connectivity index (χ3v) is 3.54. The molecule has 5 heteroatoms. The number of rotatable bonds is 5. The third-order valence-electron chi connectivity index (χ3n) is 3.54. The Labute approximate surface area is 95.9 Å². The summed E-state index contributed by atoms with van der Waals surface area (Å²) in [5.74, 6) is 6.51. The highest BCUT2D eigenvalue weighted by Crippen LogP contribution is 2.55. The van der Waals surface area contributed by atoms with Crippen molar-refractivity contribution in [2.75, 3.05) is 7.11 Å². The fourth-order valence-corrected chi connectivity index (χ4v) is 2.17. The maximum atomic E-state index is 5.69. The number of hydrogen-bond donors (Lipinski definition) is 2. The van der Waals surface area contributed by atoms with Gasteiger partial charge in [0.05, 0.1) is 25.0 Å². The van der Waals surface area contributed by atoms with Gasteiger partial charge in [-0.3, -0.25) is 16.0 Å². The molecule has 0 aliphatic heterocycles. The van der Waals surface area contributed by atoms with Crippen LogP contribution in [0.5, 0.6) is 5.75 Å². The van der Waals surface area contributed by atoms with Crippen LogP contribution in [0, 0.1) is 5.41 Å². The molecule has 0 aromatic carbocycles. The van der Waals surface area contributed by atoms with Crippen molar-refractivity contribution in [3.8, 4) is 5.75 Å². The molecule has 5 nitrogen and oxygen atoms in total. The Morgan fingerprint density at radius 2 is 2.38 bits per heavy atom. The van der Waals surface area contributed by atoms with E-state index < -0.39 is 0 Å². The van der Waals surface area contributed by atoms with Crippen molar-refractivity contribution in [3.63, 3.8) is 0 Å². The minimum Gasteiger partial charge on any atom is -0.493 e. The molecular formula is C11H20N4O. The van der Waals surface area contributed by atoms with Crippen molar-refractivity contribution < 1.29 is 4.74 Å². The van der Waals surface area contributed by atoms with E-state index in [1.54, 1.807) is 13.3 Å². The summed E-state index contributed by atoms with van der Waals surface area (Å²) in [4.78, 5) is 0. The van der Waals surface area contributed by atoms with E-state index in [1.165, 1.54) is 12.8 Å². The van der Waals surface area contributed by atoms with Gasteiger partial charge in [0, 0.05) is 6.54 Å². The number of nitrogens with two attached hydrogens (primary N) is 1. The normalized spacial score (nSPS) is 19.5. The Kier molecular flexibility index (Phi) is 2.90. The van der Waals surface area contributed by atoms with E-state index in [1.807, 2.05) is 4.68 Å². The average molecular weight is 224 g/mol. The van der Waals surface area contributed by atoms with Crippen molar-refractivity contribution in [2.45, 2.75) is 39.3 Å². The third kappa shape index (κ3) is 1.70. The monoisotopic (exact) mass is 224 g/mol. The minimum absolute atomic E-state index is 0.116. The molecule has 1 atom stereocenters. The van der Waals surface area contributed by atoms with Gasteiger partial charge in [-0.15, -0.1) is 0 Å². The highest BCUT2D eigenvalue weighted by atomic mass is 16.5. The molecule has 1 aliphatic carbocycles. The molecular weight excluding hydrogens is 204 g/mol. The largest absolute Gasteiger partial charge is 0.493 e. The molecule has 1 saturated carbocycles. The van der Waals surface area contributed by atoms with Gasteiger partial charge >= 0.3 is 0 Å². The summed E-state index contributed by atoms with van der Waals surface area (Å²) in [7, 11) is 1.67. The molecule has 16 heavy (non-hydrogen) atoms. The molecule has 1 unspecified atom stereocenters. The predicted molar refractivity (Wildman–Crippen MR) is 61.9 cm³/mol. The topological polar surface area (TPSA) is 65.1 Å². The van der Waals surface area contributed by atoms with Gasteiger partial charge in [-0.05, 0) is 25.2 Å². The van der Waals surface area contributed by atoms with Crippen LogP contribution in [0.4, 0.5) is 0 Å². The lowest BCUT2D eigenvalue weighted by atomic mass is 9.96. The number of aromatic nitrogens is 2. The Balaban J connectivity index is 2.39. The second-order valence-electron chi connectivity index (χ2n) is 4.67. The van der Waals surface area contributed by atoms with E-state index in [0.717, 1.165) is 18.0 Å². The first-order valence-corrected chi connectivity index (χ1v) is 5.72. The van der Waals surface area contributed by atoms with Crippen molar-refractivity contribution in [2.24, 2.45) is 11.3 Å². The van der Waals surface area contributed by atoms with Crippen LogP contribution >= 0.6 is 0 Å². The van der Waals surface area contributed by atoms with Crippen molar-refractivity contribution >= 4 is 0 Å². The quantitative estimate of drug-likeness (QED) is 0.583. The van der Waals surface area contributed by atoms with Gasteiger partial charge in [0.2, 0.25) is 0 Å². The molecule has 0 amide bonds. The van der Waals surface area contributed by atoms with Crippen LogP contribution in [-0.4, -0.2) is 16.9 Å². The minimum atomic E-state index is 0.116. The first kappa shape index (κ1) is 11.4. The Hall–Kier alpha value is -1.07. The molecule has 1 aromatic heterocycles. The summed E-state index contributed by atoms with van der Waals surface area (Å²) < 4.78 is 7.31. The van der Waals surface area contributed by atoms with Gasteiger partial charge < -0.3 is 4.74 Å². The summed E-state index contributed by atoms with van der Waals surface area (Å²) in [6, 6.07) is 0.116. The van der Waals surface area contributed by atoms with Crippen molar-refractivity contribution in [1.29, 1.82) is 0 Å². The van der Waals surface area contributed by atoms with Gasteiger partial charge in [-0.1, -0.05) is 6.92 Å². The molecule has 1 heterocycles. The molecule has 1 fully saturated rings. The zero-order chi connectivity index (χ0) is 11.8. The number of ether oxygens (including phenoxy) is 1. The van der Waals surface area contributed by atoms with Crippen LogP contribution in [-0.2, 0) is 6.54 Å². The maximum Gasteiger partial charge on any atom is 0.161 e. The van der Waals surface area contributed by atoms with Gasteiger partial charge in [-0.25, -0.2) is 0 Å². The van der Waals surface area contributed by atoms with E-state index in [9.17, 15) is 0 Å². The number of methoxy groups -OCH3 is 1. The van der Waals surface area contributed by atoms with E-state index in [0.29, 0.717) is 0 Å². The van der Waals surface area contributed by atoms with E-state index in [-0.39, 0.29) is 11.5 Å². The summed E-state index contributed by atoms with van der Waals surface area (Å²) in [6.07, 6.45) is 4.15. The molecule has 0 bridgehead atoms. The second-order valence-corrected chi connectivity index (χ2v) is 4.67. The Morgan fingerprint density at radius 1 is 1.69 bits per heavy atom. The van der Waals surface area contributed by atoms with E-state index in [4.69, 9.17) is 10.6 Å². The number of hydrazine groups is 1. The molecule has 2 rings (SSSR count). The SMILES string of the molecule is CCn1ncc(OC)c1C(NN)C1(C)CC1. The highest BCUT2D eigenvalue weighted by molar-refractivity contribution is 5.31. The molecule has 0 radical (unpaired) electrons. The lowest BCUT2D eigenvalue weighted by Crippen LogP contribution is -2.35. The predicted octanol–water partition coefficient (Wildman–Crippen LogP) is 1.22. The van der Waals surface area contributed by atoms with E-state index >= 15 is 0 Å². The lowest BCUT2D eigenvalue weighted by Gasteiger charge is -2.24. The number of aryl methyl sites for hydroxylation is 1. The number of nitrogens with one attached hydrogen (secondary N) is 1. The van der Waals surface area contributed by atoms with Crippen LogP contribution in [0.3, 0.4) is 0 Å². The van der Waals surface area contributed by atoms with Crippen LogP contribution in [0.15, 0.2) is 6.20 Å². The Bertz CT molecular complexity index is 349. The summed E-state index contributed by atoms with van der Waals surface area (Å²) >= 11 is 0. The van der Waals surface area contributed by atoms with Gasteiger partial charge in [-0.2, -0.15) is 5.10 Å². The average Bonchev–Trinajstić information content (AvgIpc) is 2.90. The molecule has 0 saturated heterocycles. The highest BCUT2D eigenvalue weighted by Gasteiger charge is 2.47. The first-order valence-electron chi connectivity index (χ1n) is 5.72. The van der Waals surface area contributed by atoms with Crippen molar-refractivity contribution in [1.82, 2.24) is 15.2 Å². The van der Waals surface area contributed by atoms with Gasteiger partial charge in [0.1, 0.15) is 0 Å². The number of hydrogen-bond acceptors (Lipinski definition) is 4. The van der Waals surface area contributed by atoms with Crippen LogP contribution in [0.25, 0.3) is 0 Å². The first-order chi connectivity index (χ1) is 7.66. The molecule has 1 aliphatic rings. The number of nitrogens with zero attached hydrogens (tertiary/aromatic N) is 2. The Morgan fingerprint density at radius 3 is 2.81 bits per heavy atom. The van der Waals surface area contributed by atoms with Crippen LogP contribution in [0.2, 0.25) is 0 Å². The summed E-state index contributed by atoms with van der Waals surface area (Å²) in [5.41, 5.74) is 4.22. The van der Waals surface area contributed by atoms with Crippen LogP contribution in [0.1, 0.15) is 38.4 Å². The molecule has 3 N–H and O–H groups in total. The fourth-order valence-electron chi connectivity index (χ4n) is 2.17. The standard InChI is InChI=1S/C11H20N4O/c1-4-15-9(8(16-3)7-13-15)10(14-12)11(2)5-6-11/h7,10,14H,4-6,12H2,1-3H3.